The highest BCUT2D eigenvalue weighted by Gasteiger charge is 2.26. The minimum atomic E-state index is -0.457. The maximum absolute atomic E-state index is 13.2. The Kier molecular flexibility index (Phi) is 3.73. The van der Waals surface area contributed by atoms with E-state index in [9.17, 15) is 9.50 Å². The van der Waals surface area contributed by atoms with Crippen molar-refractivity contribution in [2.45, 2.75) is 19.3 Å². The SMILES string of the molecule is COc1c(C(C)(C)CO)ccc(F)c1Br. The molecule has 0 heterocycles. The van der Waals surface area contributed by atoms with Gasteiger partial charge in [-0.1, -0.05) is 19.9 Å². The third kappa shape index (κ3) is 2.32. The lowest BCUT2D eigenvalue weighted by Gasteiger charge is -2.25. The number of methoxy groups -OCH3 is 1. The van der Waals surface area contributed by atoms with Gasteiger partial charge in [0.05, 0.1) is 18.2 Å². The summed E-state index contributed by atoms with van der Waals surface area (Å²) in [4.78, 5) is 0. The van der Waals surface area contributed by atoms with Crippen LogP contribution >= 0.6 is 15.9 Å². The fraction of sp³-hybridized carbons (Fsp3) is 0.455. The Balaban J connectivity index is 3.37. The first kappa shape index (κ1) is 12.5. The third-order valence-electron chi connectivity index (χ3n) is 2.38. The van der Waals surface area contributed by atoms with Crippen molar-refractivity contribution in [2.24, 2.45) is 0 Å². The lowest BCUT2D eigenvalue weighted by atomic mass is 9.85. The van der Waals surface area contributed by atoms with E-state index in [1.807, 2.05) is 13.8 Å². The van der Waals surface area contributed by atoms with Gasteiger partial charge < -0.3 is 9.84 Å². The summed E-state index contributed by atoms with van der Waals surface area (Å²) in [5, 5.41) is 9.26. The van der Waals surface area contributed by atoms with Crippen LogP contribution in [-0.2, 0) is 5.41 Å². The first-order valence-corrected chi connectivity index (χ1v) is 5.36. The fourth-order valence-electron chi connectivity index (χ4n) is 1.35. The molecule has 0 unspecified atom stereocenters. The van der Waals surface area contributed by atoms with Crippen LogP contribution < -0.4 is 4.74 Å². The highest BCUT2D eigenvalue weighted by molar-refractivity contribution is 9.10. The molecule has 0 bridgehead atoms. The van der Waals surface area contributed by atoms with Gasteiger partial charge in [0, 0.05) is 11.0 Å². The van der Waals surface area contributed by atoms with Crippen LogP contribution in [0.2, 0.25) is 0 Å². The Bertz CT molecular complexity index is 364. The number of halogens is 2. The van der Waals surface area contributed by atoms with E-state index in [0.29, 0.717) is 10.2 Å². The van der Waals surface area contributed by atoms with Gasteiger partial charge in [0.15, 0.2) is 0 Å². The third-order valence-corrected chi connectivity index (χ3v) is 3.12. The van der Waals surface area contributed by atoms with Crippen LogP contribution in [-0.4, -0.2) is 18.8 Å². The molecule has 0 amide bonds. The summed E-state index contributed by atoms with van der Waals surface area (Å²) in [5.74, 6) is 0.0680. The van der Waals surface area contributed by atoms with E-state index in [2.05, 4.69) is 15.9 Å². The molecular weight excluding hydrogens is 263 g/mol. The second-order valence-electron chi connectivity index (χ2n) is 3.98. The van der Waals surface area contributed by atoms with Crippen molar-refractivity contribution in [2.75, 3.05) is 13.7 Å². The second kappa shape index (κ2) is 4.49. The molecule has 0 aromatic heterocycles. The van der Waals surface area contributed by atoms with Crippen molar-refractivity contribution >= 4 is 15.9 Å². The average molecular weight is 277 g/mol. The van der Waals surface area contributed by atoms with Crippen molar-refractivity contribution in [1.82, 2.24) is 0 Å². The first-order valence-electron chi connectivity index (χ1n) is 4.57. The van der Waals surface area contributed by atoms with Crippen molar-refractivity contribution in [3.05, 3.63) is 28.0 Å². The monoisotopic (exact) mass is 276 g/mol. The summed E-state index contributed by atoms with van der Waals surface area (Å²) in [6.07, 6.45) is 0. The summed E-state index contributed by atoms with van der Waals surface area (Å²) in [6, 6.07) is 2.99. The Morgan fingerprint density at radius 1 is 1.47 bits per heavy atom. The van der Waals surface area contributed by atoms with E-state index < -0.39 is 5.41 Å². The summed E-state index contributed by atoms with van der Waals surface area (Å²) in [6.45, 7) is 3.71. The van der Waals surface area contributed by atoms with Crippen LogP contribution in [0.25, 0.3) is 0 Å². The second-order valence-corrected chi connectivity index (χ2v) is 4.78. The molecule has 0 aliphatic rings. The van der Waals surface area contributed by atoms with E-state index in [1.54, 1.807) is 6.07 Å². The van der Waals surface area contributed by atoms with Crippen LogP contribution in [0.3, 0.4) is 0 Å². The van der Waals surface area contributed by atoms with Crippen molar-refractivity contribution in [1.29, 1.82) is 0 Å². The van der Waals surface area contributed by atoms with Crippen LogP contribution in [0.15, 0.2) is 16.6 Å². The molecular formula is C11H14BrFO2. The van der Waals surface area contributed by atoms with Crippen LogP contribution in [0, 0.1) is 5.82 Å². The predicted octanol–water partition coefficient (Wildman–Crippen LogP) is 2.87. The molecule has 0 aliphatic heterocycles. The average Bonchev–Trinajstić information content (AvgIpc) is 2.21. The Hall–Kier alpha value is -0.610. The molecule has 1 aromatic carbocycles. The molecule has 0 fully saturated rings. The largest absolute Gasteiger partial charge is 0.495 e. The molecule has 0 spiro atoms. The fourth-order valence-corrected chi connectivity index (χ4v) is 1.86. The molecule has 0 radical (unpaired) electrons. The van der Waals surface area contributed by atoms with Crippen molar-refractivity contribution in [3.8, 4) is 5.75 Å². The van der Waals surface area contributed by atoms with Crippen LogP contribution in [0.5, 0.6) is 5.75 Å². The highest BCUT2D eigenvalue weighted by atomic mass is 79.9. The molecule has 0 saturated heterocycles. The molecule has 1 aromatic rings. The molecule has 4 heteroatoms. The number of hydrogen-bond acceptors (Lipinski definition) is 2. The minimum absolute atomic E-state index is 0.0264. The molecule has 0 aliphatic carbocycles. The number of hydrogen-bond donors (Lipinski definition) is 1. The standard InChI is InChI=1S/C11H14BrFO2/c1-11(2,6-14)7-4-5-8(13)9(12)10(7)15-3/h4-5,14H,6H2,1-3H3. The zero-order valence-electron chi connectivity index (χ0n) is 8.97. The number of benzene rings is 1. The van der Waals surface area contributed by atoms with Gasteiger partial charge in [0.25, 0.3) is 0 Å². The number of rotatable bonds is 3. The van der Waals surface area contributed by atoms with E-state index >= 15 is 0 Å². The smallest absolute Gasteiger partial charge is 0.141 e. The Labute approximate surface area is 97.2 Å². The Morgan fingerprint density at radius 3 is 2.53 bits per heavy atom. The molecule has 2 nitrogen and oxygen atoms in total. The molecule has 84 valence electrons. The van der Waals surface area contributed by atoms with Gasteiger partial charge in [-0.25, -0.2) is 4.39 Å². The van der Waals surface area contributed by atoms with Crippen LogP contribution in [0.4, 0.5) is 4.39 Å². The van der Waals surface area contributed by atoms with E-state index in [0.717, 1.165) is 5.56 Å². The van der Waals surface area contributed by atoms with E-state index in [-0.39, 0.29) is 12.4 Å². The summed E-state index contributed by atoms with van der Waals surface area (Å²) < 4.78 is 18.7. The van der Waals surface area contributed by atoms with Gasteiger partial charge in [0.2, 0.25) is 0 Å². The highest BCUT2D eigenvalue weighted by Crippen LogP contribution is 2.38. The molecule has 1 N–H and O–H groups in total. The van der Waals surface area contributed by atoms with Crippen molar-refractivity contribution in [3.63, 3.8) is 0 Å². The zero-order valence-corrected chi connectivity index (χ0v) is 10.6. The summed E-state index contributed by atoms with van der Waals surface area (Å²) in [7, 11) is 1.48. The number of aliphatic hydroxyl groups is 1. The van der Waals surface area contributed by atoms with Gasteiger partial charge in [0.1, 0.15) is 11.6 Å². The topological polar surface area (TPSA) is 29.5 Å². The van der Waals surface area contributed by atoms with Gasteiger partial charge in [-0.2, -0.15) is 0 Å². The first-order chi connectivity index (χ1) is 6.94. The predicted molar refractivity (Wildman–Crippen MR) is 60.8 cm³/mol. The molecule has 0 saturated carbocycles. The van der Waals surface area contributed by atoms with Gasteiger partial charge >= 0.3 is 0 Å². The molecule has 15 heavy (non-hydrogen) atoms. The van der Waals surface area contributed by atoms with Crippen molar-refractivity contribution < 1.29 is 14.2 Å². The minimum Gasteiger partial charge on any atom is -0.495 e. The molecule has 1 rings (SSSR count). The number of ether oxygens (including phenoxy) is 1. The quantitative estimate of drug-likeness (QED) is 0.920. The van der Waals surface area contributed by atoms with E-state index in [1.165, 1.54) is 13.2 Å². The summed E-state index contributed by atoms with van der Waals surface area (Å²) >= 11 is 3.13. The summed E-state index contributed by atoms with van der Waals surface area (Å²) in [5.41, 5.74) is 0.322. The zero-order chi connectivity index (χ0) is 11.6. The van der Waals surface area contributed by atoms with Gasteiger partial charge in [-0.05, 0) is 22.0 Å². The maximum Gasteiger partial charge on any atom is 0.141 e. The van der Waals surface area contributed by atoms with Gasteiger partial charge in [-0.3, -0.25) is 0 Å². The van der Waals surface area contributed by atoms with E-state index in [4.69, 9.17) is 4.74 Å². The number of aliphatic hydroxyl groups excluding tert-OH is 1. The van der Waals surface area contributed by atoms with Gasteiger partial charge in [-0.15, -0.1) is 0 Å². The van der Waals surface area contributed by atoms with Crippen LogP contribution in [0.1, 0.15) is 19.4 Å². The Morgan fingerprint density at radius 2 is 2.07 bits per heavy atom. The normalized spacial score (nSPS) is 11.6. The lowest BCUT2D eigenvalue weighted by Crippen LogP contribution is -2.23. The molecule has 0 atom stereocenters. The maximum atomic E-state index is 13.2. The lowest BCUT2D eigenvalue weighted by molar-refractivity contribution is 0.214.